The highest BCUT2D eigenvalue weighted by atomic mass is 16.5. The number of carbonyl (C=O) groups is 1. The summed E-state index contributed by atoms with van der Waals surface area (Å²) in [7, 11) is 0. The third-order valence-electron chi connectivity index (χ3n) is 5.74. The lowest BCUT2D eigenvalue weighted by atomic mass is 10.2. The van der Waals surface area contributed by atoms with Crippen LogP contribution in [-0.2, 0) is 4.74 Å². The highest BCUT2D eigenvalue weighted by molar-refractivity contribution is 5.93. The van der Waals surface area contributed by atoms with Crippen LogP contribution in [0.25, 0.3) is 11.0 Å². The Labute approximate surface area is 178 Å². The van der Waals surface area contributed by atoms with E-state index in [0.717, 1.165) is 24.6 Å². The Kier molecular flexibility index (Phi) is 5.25. The second-order valence-corrected chi connectivity index (χ2v) is 7.62. The Morgan fingerprint density at radius 1 is 0.935 bits per heavy atom. The molecule has 0 aliphatic carbocycles. The second-order valence-electron chi connectivity index (χ2n) is 7.62. The van der Waals surface area contributed by atoms with Crippen LogP contribution in [-0.4, -0.2) is 73.5 Å². The first-order valence-electron chi connectivity index (χ1n) is 10.4. The smallest absolute Gasteiger partial charge is 0.289 e. The fraction of sp³-hybridized carbons (Fsp3) is 0.364. The van der Waals surface area contributed by atoms with E-state index in [0.29, 0.717) is 50.4 Å². The van der Waals surface area contributed by atoms with Gasteiger partial charge in [0, 0.05) is 51.4 Å². The van der Waals surface area contributed by atoms with Crippen molar-refractivity contribution in [2.45, 2.75) is 0 Å². The number of piperazine rings is 1. The summed E-state index contributed by atoms with van der Waals surface area (Å²) in [6.07, 6.45) is 1.77. The standard InChI is InChI=1S/C22H23N5O4/c28-18-14-20(31-19-4-2-1-3-17(18)19)22(29)27-7-5-26(6-8-27)21-13-16(15-23-24-21)25-9-11-30-12-10-25/h1-4,13-15H,5-12H2. The van der Waals surface area contributed by atoms with E-state index < -0.39 is 0 Å². The van der Waals surface area contributed by atoms with Gasteiger partial charge in [-0.2, -0.15) is 5.10 Å². The average Bonchev–Trinajstić information content (AvgIpc) is 2.84. The van der Waals surface area contributed by atoms with Crippen LogP contribution in [0, 0.1) is 0 Å². The number of hydrogen-bond donors (Lipinski definition) is 0. The van der Waals surface area contributed by atoms with Crippen molar-refractivity contribution in [3.05, 3.63) is 58.6 Å². The van der Waals surface area contributed by atoms with Gasteiger partial charge < -0.3 is 23.9 Å². The fourth-order valence-corrected chi connectivity index (χ4v) is 4.00. The highest BCUT2D eigenvalue weighted by Gasteiger charge is 2.25. The molecule has 0 atom stereocenters. The van der Waals surface area contributed by atoms with Gasteiger partial charge in [-0.25, -0.2) is 0 Å². The van der Waals surface area contributed by atoms with Gasteiger partial charge in [-0.3, -0.25) is 9.59 Å². The first kappa shape index (κ1) is 19.5. The molecule has 31 heavy (non-hydrogen) atoms. The summed E-state index contributed by atoms with van der Waals surface area (Å²) in [6, 6.07) is 10.3. The lowest BCUT2D eigenvalue weighted by molar-refractivity contribution is 0.0715. The number of nitrogens with zero attached hydrogens (tertiary/aromatic N) is 5. The van der Waals surface area contributed by atoms with Gasteiger partial charge in [-0.05, 0) is 12.1 Å². The SMILES string of the molecule is O=C(c1cc(=O)c2ccccc2o1)N1CCN(c2cc(N3CCOCC3)cnn2)CC1. The first-order chi connectivity index (χ1) is 15.2. The Hall–Kier alpha value is -3.46. The number of fused-ring (bicyclic) bond motifs is 1. The molecule has 4 heterocycles. The van der Waals surface area contributed by atoms with Crippen LogP contribution < -0.4 is 15.2 Å². The van der Waals surface area contributed by atoms with E-state index in [1.54, 1.807) is 35.4 Å². The summed E-state index contributed by atoms with van der Waals surface area (Å²) in [5.41, 5.74) is 1.25. The quantitative estimate of drug-likeness (QED) is 0.626. The molecule has 2 saturated heterocycles. The molecule has 0 bridgehead atoms. The largest absolute Gasteiger partial charge is 0.451 e. The summed E-state index contributed by atoms with van der Waals surface area (Å²) in [4.78, 5) is 31.3. The van der Waals surface area contributed by atoms with Crippen LogP contribution in [0.2, 0.25) is 0 Å². The number of aromatic nitrogens is 2. The number of ether oxygens (including phenoxy) is 1. The number of rotatable bonds is 3. The minimum absolute atomic E-state index is 0.0752. The molecule has 1 amide bonds. The fourth-order valence-electron chi connectivity index (χ4n) is 4.00. The van der Waals surface area contributed by atoms with Crippen LogP contribution in [0.4, 0.5) is 11.5 Å². The maximum absolute atomic E-state index is 12.9. The van der Waals surface area contributed by atoms with Crippen LogP contribution >= 0.6 is 0 Å². The Morgan fingerprint density at radius 3 is 2.52 bits per heavy atom. The van der Waals surface area contributed by atoms with Crippen molar-refractivity contribution in [2.24, 2.45) is 0 Å². The summed E-state index contributed by atoms with van der Waals surface area (Å²) in [5.74, 6) is 0.607. The van der Waals surface area contributed by atoms with Crippen molar-refractivity contribution in [1.82, 2.24) is 15.1 Å². The van der Waals surface area contributed by atoms with Crippen molar-refractivity contribution < 1.29 is 13.9 Å². The Balaban J connectivity index is 1.27. The molecule has 0 unspecified atom stereocenters. The maximum atomic E-state index is 12.9. The molecule has 2 aromatic heterocycles. The zero-order valence-corrected chi connectivity index (χ0v) is 17.1. The first-order valence-corrected chi connectivity index (χ1v) is 10.4. The van der Waals surface area contributed by atoms with E-state index in [1.807, 2.05) is 6.07 Å². The molecule has 9 nitrogen and oxygen atoms in total. The van der Waals surface area contributed by atoms with Gasteiger partial charge in [0.05, 0.1) is 30.5 Å². The molecule has 0 saturated carbocycles. The van der Waals surface area contributed by atoms with Gasteiger partial charge in [0.25, 0.3) is 5.91 Å². The van der Waals surface area contributed by atoms with Crippen LogP contribution in [0.3, 0.4) is 0 Å². The minimum Gasteiger partial charge on any atom is -0.451 e. The van der Waals surface area contributed by atoms with Crippen LogP contribution in [0.1, 0.15) is 10.6 Å². The summed E-state index contributed by atoms with van der Waals surface area (Å²) in [5, 5.41) is 8.93. The average molecular weight is 421 g/mol. The number of amides is 1. The number of anilines is 2. The lowest BCUT2D eigenvalue weighted by Crippen LogP contribution is -2.49. The van der Waals surface area contributed by atoms with Gasteiger partial charge in [0.1, 0.15) is 5.58 Å². The number of para-hydroxylation sites is 1. The minimum atomic E-state index is -0.268. The Bertz CT molecular complexity index is 1150. The number of morpholine rings is 1. The molecular formula is C22H23N5O4. The van der Waals surface area contributed by atoms with Crippen LogP contribution in [0.5, 0.6) is 0 Å². The van der Waals surface area contributed by atoms with Gasteiger partial charge in [0.15, 0.2) is 17.0 Å². The molecule has 0 radical (unpaired) electrons. The molecule has 3 aromatic rings. The third-order valence-corrected chi connectivity index (χ3v) is 5.74. The molecule has 9 heteroatoms. The van der Waals surface area contributed by atoms with E-state index in [1.165, 1.54) is 6.07 Å². The zero-order valence-electron chi connectivity index (χ0n) is 17.1. The molecule has 0 spiro atoms. The second kappa shape index (κ2) is 8.35. The van der Waals surface area contributed by atoms with Gasteiger partial charge in [-0.15, -0.1) is 5.10 Å². The van der Waals surface area contributed by atoms with Gasteiger partial charge in [0.2, 0.25) is 0 Å². The Morgan fingerprint density at radius 2 is 1.71 bits per heavy atom. The monoisotopic (exact) mass is 421 g/mol. The van der Waals surface area contributed by atoms with E-state index in [4.69, 9.17) is 9.15 Å². The maximum Gasteiger partial charge on any atom is 0.289 e. The van der Waals surface area contributed by atoms with E-state index in [2.05, 4.69) is 20.0 Å². The number of carbonyl (C=O) groups excluding carboxylic acids is 1. The molecule has 0 N–H and O–H groups in total. The predicted octanol–water partition coefficient (Wildman–Crippen LogP) is 1.38. The third kappa shape index (κ3) is 3.96. The van der Waals surface area contributed by atoms with Crippen molar-refractivity contribution in [3.63, 3.8) is 0 Å². The van der Waals surface area contributed by atoms with E-state index in [-0.39, 0.29) is 17.1 Å². The molecule has 2 fully saturated rings. The summed E-state index contributed by atoms with van der Waals surface area (Å²) in [6.45, 7) is 5.38. The van der Waals surface area contributed by atoms with E-state index in [9.17, 15) is 9.59 Å². The van der Waals surface area contributed by atoms with Crippen LogP contribution in [0.15, 0.2) is 51.8 Å². The molecule has 2 aliphatic heterocycles. The topological polar surface area (TPSA) is 92.0 Å². The molecular weight excluding hydrogens is 398 g/mol. The number of benzene rings is 1. The summed E-state index contributed by atoms with van der Waals surface area (Å²) < 4.78 is 11.1. The normalized spacial score (nSPS) is 17.2. The molecule has 2 aliphatic rings. The van der Waals surface area contributed by atoms with Crippen molar-refractivity contribution in [3.8, 4) is 0 Å². The van der Waals surface area contributed by atoms with E-state index >= 15 is 0 Å². The van der Waals surface area contributed by atoms with Crippen molar-refractivity contribution >= 4 is 28.4 Å². The summed E-state index contributed by atoms with van der Waals surface area (Å²) >= 11 is 0. The van der Waals surface area contributed by atoms with Gasteiger partial charge in [-0.1, -0.05) is 12.1 Å². The highest BCUT2D eigenvalue weighted by Crippen LogP contribution is 2.21. The van der Waals surface area contributed by atoms with Crippen molar-refractivity contribution in [2.75, 3.05) is 62.3 Å². The lowest BCUT2D eigenvalue weighted by Gasteiger charge is -2.35. The predicted molar refractivity (Wildman–Crippen MR) is 116 cm³/mol. The molecule has 160 valence electrons. The molecule has 1 aromatic carbocycles. The number of hydrogen-bond acceptors (Lipinski definition) is 8. The van der Waals surface area contributed by atoms with Gasteiger partial charge >= 0.3 is 0 Å². The zero-order chi connectivity index (χ0) is 21.2. The molecule has 5 rings (SSSR count). The van der Waals surface area contributed by atoms with Crippen molar-refractivity contribution in [1.29, 1.82) is 0 Å².